The lowest BCUT2D eigenvalue weighted by atomic mass is 10.2. The third-order valence-corrected chi connectivity index (χ3v) is 2.90. The van der Waals surface area contributed by atoms with Crippen LogP contribution in [-0.2, 0) is 6.54 Å². The van der Waals surface area contributed by atoms with Crippen molar-refractivity contribution in [2.24, 2.45) is 0 Å². The van der Waals surface area contributed by atoms with Crippen molar-refractivity contribution in [3.8, 4) is 11.5 Å². The third-order valence-electron chi connectivity index (χ3n) is 2.90. The normalized spacial score (nSPS) is 10.2. The van der Waals surface area contributed by atoms with Gasteiger partial charge in [0.2, 0.25) is 12.3 Å². The molecule has 22 heavy (non-hydrogen) atoms. The van der Waals surface area contributed by atoms with Crippen LogP contribution in [0.5, 0.6) is 0 Å². The van der Waals surface area contributed by atoms with E-state index in [1.54, 1.807) is 30.6 Å². The van der Waals surface area contributed by atoms with Crippen LogP contribution in [0.1, 0.15) is 5.56 Å². The Morgan fingerprint density at radius 1 is 1.23 bits per heavy atom. The first-order valence-corrected chi connectivity index (χ1v) is 6.61. The summed E-state index contributed by atoms with van der Waals surface area (Å²) in [6, 6.07) is 10.6. The summed E-state index contributed by atoms with van der Waals surface area (Å²) in [6.45, 7) is 0.406. The molecule has 0 spiro atoms. The molecule has 0 fully saturated rings. The molecule has 2 aromatic heterocycles. The van der Waals surface area contributed by atoms with E-state index in [1.165, 1.54) is 6.39 Å². The highest BCUT2D eigenvalue weighted by Gasteiger charge is 2.06. The number of aromatic nitrogens is 3. The molecule has 0 saturated heterocycles. The molecular formula is C15H13N5O2. The first-order valence-electron chi connectivity index (χ1n) is 6.61. The molecule has 0 aliphatic rings. The number of nitrogens with zero attached hydrogens (tertiary/aromatic N) is 3. The smallest absolute Gasteiger partial charge is 0.319 e. The topological polar surface area (TPSA) is 92.9 Å². The van der Waals surface area contributed by atoms with Gasteiger partial charge in [0.25, 0.3) is 0 Å². The fraction of sp³-hybridized carbons (Fsp3) is 0.0667. The number of anilines is 1. The maximum atomic E-state index is 11.9. The minimum Gasteiger partial charge on any atom is -0.423 e. The predicted octanol–water partition coefficient (Wildman–Crippen LogP) is 2.45. The zero-order chi connectivity index (χ0) is 15.2. The van der Waals surface area contributed by atoms with Gasteiger partial charge in [-0.05, 0) is 29.8 Å². The highest BCUT2D eigenvalue weighted by Crippen LogP contribution is 2.20. The quantitative estimate of drug-likeness (QED) is 0.771. The van der Waals surface area contributed by atoms with E-state index in [1.807, 2.05) is 18.2 Å². The molecule has 110 valence electrons. The molecule has 3 rings (SSSR count). The van der Waals surface area contributed by atoms with Crippen LogP contribution in [0.25, 0.3) is 11.5 Å². The number of hydrogen-bond acceptors (Lipinski definition) is 5. The Balaban J connectivity index is 1.61. The van der Waals surface area contributed by atoms with Gasteiger partial charge in [-0.2, -0.15) is 0 Å². The van der Waals surface area contributed by atoms with Crippen molar-refractivity contribution in [1.82, 2.24) is 20.5 Å². The number of pyridine rings is 1. The number of carbonyl (C=O) groups excluding carboxylic acids is 1. The molecule has 3 aromatic rings. The lowest BCUT2D eigenvalue weighted by Gasteiger charge is -2.08. The Bertz CT molecular complexity index is 744. The lowest BCUT2D eigenvalue weighted by Crippen LogP contribution is -2.28. The third kappa shape index (κ3) is 3.45. The molecule has 7 heteroatoms. The summed E-state index contributed by atoms with van der Waals surface area (Å²) in [6.07, 6.45) is 4.65. The van der Waals surface area contributed by atoms with E-state index in [9.17, 15) is 4.79 Å². The second kappa shape index (κ2) is 6.49. The molecule has 1 aromatic carbocycles. The molecule has 0 unspecified atom stereocenters. The number of amides is 2. The number of benzene rings is 1. The summed E-state index contributed by atoms with van der Waals surface area (Å²) < 4.78 is 5.13. The second-order valence-electron chi connectivity index (χ2n) is 4.49. The van der Waals surface area contributed by atoms with Crippen LogP contribution in [-0.4, -0.2) is 21.2 Å². The van der Waals surface area contributed by atoms with E-state index in [4.69, 9.17) is 4.42 Å². The van der Waals surface area contributed by atoms with Crippen LogP contribution in [0.2, 0.25) is 0 Å². The Hall–Kier alpha value is -3.22. The molecule has 2 amide bonds. The van der Waals surface area contributed by atoms with Gasteiger partial charge in [-0.15, -0.1) is 10.2 Å². The van der Waals surface area contributed by atoms with Gasteiger partial charge in [0, 0.05) is 30.2 Å². The Labute approximate surface area is 126 Å². The monoisotopic (exact) mass is 295 g/mol. The number of hydrogen-bond donors (Lipinski definition) is 2. The lowest BCUT2D eigenvalue weighted by molar-refractivity contribution is 0.251. The molecule has 0 radical (unpaired) electrons. The van der Waals surface area contributed by atoms with Crippen molar-refractivity contribution in [2.75, 3.05) is 5.32 Å². The standard InChI is InChI=1S/C15H13N5O2/c21-15(17-9-11-3-2-6-16-8-11)19-13-5-1-4-12(7-13)14-20-18-10-22-14/h1-8,10H,9H2,(H2,17,19,21). The van der Waals surface area contributed by atoms with Crippen LogP contribution in [0.3, 0.4) is 0 Å². The van der Waals surface area contributed by atoms with Crippen LogP contribution in [0.15, 0.2) is 59.6 Å². The molecule has 7 nitrogen and oxygen atoms in total. The van der Waals surface area contributed by atoms with E-state index in [0.717, 1.165) is 11.1 Å². The highest BCUT2D eigenvalue weighted by atomic mass is 16.4. The summed E-state index contributed by atoms with van der Waals surface area (Å²) in [7, 11) is 0. The largest absolute Gasteiger partial charge is 0.423 e. The van der Waals surface area contributed by atoms with Crippen molar-refractivity contribution in [2.45, 2.75) is 6.54 Å². The SMILES string of the molecule is O=C(NCc1cccnc1)Nc1cccc(-c2nnco2)c1. The molecule has 0 aliphatic heterocycles. The fourth-order valence-electron chi connectivity index (χ4n) is 1.89. The summed E-state index contributed by atoms with van der Waals surface area (Å²) in [5, 5.41) is 13.0. The zero-order valence-corrected chi connectivity index (χ0v) is 11.6. The molecule has 0 aliphatic carbocycles. The van der Waals surface area contributed by atoms with Gasteiger partial charge in [-0.25, -0.2) is 4.79 Å². The van der Waals surface area contributed by atoms with Crippen LogP contribution >= 0.6 is 0 Å². The Kier molecular flexibility index (Phi) is 4.05. The van der Waals surface area contributed by atoms with E-state index in [0.29, 0.717) is 18.1 Å². The minimum absolute atomic E-state index is 0.300. The van der Waals surface area contributed by atoms with Gasteiger partial charge in [-0.3, -0.25) is 4.98 Å². The van der Waals surface area contributed by atoms with Gasteiger partial charge in [0.15, 0.2) is 0 Å². The van der Waals surface area contributed by atoms with Crippen molar-refractivity contribution in [3.05, 3.63) is 60.7 Å². The first-order chi connectivity index (χ1) is 10.8. The summed E-state index contributed by atoms with van der Waals surface area (Å²) in [5.74, 6) is 0.402. The molecule has 2 heterocycles. The van der Waals surface area contributed by atoms with Crippen molar-refractivity contribution < 1.29 is 9.21 Å². The van der Waals surface area contributed by atoms with Crippen LogP contribution < -0.4 is 10.6 Å². The van der Waals surface area contributed by atoms with Gasteiger partial charge in [0.05, 0.1) is 0 Å². The Morgan fingerprint density at radius 3 is 2.95 bits per heavy atom. The maximum Gasteiger partial charge on any atom is 0.319 e. The van der Waals surface area contributed by atoms with Gasteiger partial charge < -0.3 is 15.1 Å². The van der Waals surface area contributed by atoms with Gasteiger partial charge in [-0.1, -0.05) is 12.1 Å². The highest BCUT2D eigenvalue weighted by molar-refractivity contribution is 5.89. The number of nitrogens with one attached hydrogen (secondary N) is 2. The molecule has 0 atom stereocenters. The summed E-state index contributed by atoms with van der Waals surface area (Å²) in [4.78, 5) is 15.9. The minimum atomic E-state index is -0.300. The number of carbonyl (C=O) groups is 1. The molecule has 2 N–H and O–H groups in total. The van der Waals surface area contributed by atoms with Gasteiger partial charge >= 0.3 is 6.03 Å². The van der Waals surface area contributed by atoms with Crippen LogP contribution in [0, 0.1) is 0 Å². The average Bonchev–Trinajstić information content (AvgIpc) is 3.09. The predicted molar refractivity (Wildman–Crippen MR) is 79.8 cm³/mol. The van der Waals surface area contributed by atoms with E-state index >= 15 is 0 Å². The summed E-state index contributed by atoms with van der Waals surface area (Å²) in [5.41, 5.74) is 2.30. The van der Waals surface area contributed by atoms with Crippen molar-refractivity contribution in [1.29, 1.82) is 0 Å². The zero-order valence-electron chi connectivity index (χ0n) is 11.6. The first kappa shape index (κ1) is 13.7. The van der Waals surface area contributed by atoms with Gasteiger partial charge in [0.1, 0.15) is 0 Å². The number of urea groups is 1. The molecule has 0 saturated carbocycles. The molecular weight excluding hydrogens is 282 g/mol. The Morgan fingerprint density at radius 2 is 2.18 bits per heavy atom. The van der Waals surface area contributed by atoms with Crippen LogP contribution in [0.4, 0.5) is 10.5 Å². The second-order valence-corrected chi connectivity index (χ2v) is 4.49. The van der Waals surface area contributed by atoms with Crippen molar-refractivity contribution >= 4 is 11.7 Å². The van der Waals surface area contributed by atoms with E-state index < -0.39 is 0 Å². The van der Waals surface area contributed by atoms with E-state index in [2.05, 4.69) is 25.8 Å². The van der Waals surface area contributed by atoms with E-state index in [-0.39, 0.29) is 6.03 Å². The average molecular weight is 295 g/mol. The fourth-order valence-corrected chi connectivity index (χ4v) is 1.89. The van der Waals surface area contributed by atoms with Crippen molar-refractivity contribution in [3.63, 3.8) is 0 Å². The summed E-state index contributed by atoms with van der Waals surface area (Å²) >= 11 is 0. The number of rotatable bonds is 4. The molecule has 0 bridgehead atoms. The maximum absolute atomic E-state index is 11.9.